The minimum Gasteiger partial charge on any atom is -0.506 e. The van der Waals surface area contributed by atoms with Crippen molar-refractivity contribution >= 4 is 35.0 Å². The van der Waals surface area contributed by atoms with Crippen LogP contribution >= 0.6 is 35.0 Å². The Morgan fingerprint density at radius 2 is 1.79 bits per heavy atom. The number of piperidine rings is 1. The fraction of sp³-hybridized carbons (Fsp3) is 0.571. The van der Waals surface area contributed by atoms with Crippen LogP contribution in [-0.2, 0) is 0 Å². The summed E-state index contributed by atoms with van der Waals surface area (Å²) < 4.78 is 0. The van der Waals surface area contributed by atoms with Crippen molar-refractivity contribution in [3.8, 4) is 5.75 Å². The second kappa shape index (κ2) is 5.36. The highest BCUT2D eigenvalue weighted by Crippen LogP contribution is 2.44. The molecule has 19 heavy (non-hydrogen) atoms. The Bertz CT molecular complexity index is 483. The van der Waals surface area contributed by atoms with Crippen LogP contribution in [0.25, 0.3) is 0 Å². The topological polar surface area (TPSA) is 23.5 Å². The molecule has 1 N–H and O–H groups in total. The quantitative estimate of drug-likeness (QED) is 0.873. The first kappa shape index (κ1) is 13.9. The summed E-state index contributed by atoms with van der Waals surface area (Å²) in [6.07, 6.45) is 5.07. The predicted molar refractivity (Wildman–Crippen MR) is 81.6 cm³/mol. The number of halogens is 2. The van der Waals surface area contributed by atoms with Gasteiger partial charge >= 0.3 is 0 Å². The number of phenolic OH excluding ortho intramolecular Hbond substituents is 1. The van der Waals surface area contributed by atoms with Gasteiger partial charge in [0.2, 0.25) is 0 Å². The Kier molecular flexibility index (Phi) is 3.91. The van der Waals surface area contributed by atoms with Crippen LogP contribution in [0, 0.1) is 0 Å². The standard InChI is InChI=1S/C14H17Cl2NOS/c1-17-8-2-3-9(17)5-10(4-8)19-14-7-11(15)13(18)6-12(14)16/h6-10,18H,2-5H2,1H3/t8-,9+,10?. The number of aromatic hydroxyl groups is 1. The molecule has 2 nitrogen and oxygen atoms in total. The highest BCUT2D eigenvalue weighted by Gasteiger charge is 2.38. The molecular weight excluding hydrogens is 301 g/mol. The Morgan fingerprint density at radius 1 is 1.16 bits per heavy atom. The van der Waals surface area contributed by atoms with E-state index in [1.54, 1.807) is 6.07 Å². The molecule has 0 saturated carbocycles. The van der Waals surface area contributed by atoms with Crippen molar-refractivity contribution in [1.82, 2.24) is 4.90 Å². The van der Waals surface area contributed by atoms with E-state index in [4.69, 9.17) is 23.2 Å². The van der Waals surface area contributed by atoms with Crippen molar-refractivity contribution in [2.45, 2.75) is 47.9 Å². The maximum Gasteiger partial charge on any atom is 0.135 e. The van der Waals surface area contributed by atoms with Gasteiger partial charge in [0, 0.05) is 28.3 Å². The summed E-state index contributed by atoms with van der Waals surface area (Å²) in [5.74, 6) is 0.0551. The number of hydrogen-bond acceptors (Lipinski definition) is 3. The number of benzene rings is 1. The summed E-state index contributed by atoms with van der Waals surface area (Å²) in [7, 11) is 2.24. The molecule has 2 bridgehead atoms. The van der Waals surface area contributed by atoms with E-state index in [1.165, 1.54) is 31.7 Å². The average Bonchev–Trinajstić information content (AvgIpc) is 2.60. The van der Waals surface area contributed by atoms with Crippen LogP contribution in [0.4, 0.5) is 0 Å². The molecule has 1 aromatic rings. The number of nitrogens with zero attached hydrogens (tertiary/aromatic N) is 1. The maximum absolute atomic E-state index is 9.53. The van der Waals surface area contributed by atoms with Gasteiger partial charge in [-0.15, -0.1) is 11.8 Å². The first-order valence-corrected chi connectivity index (χ1v) is 8.24. The molecule has 2 saturated heterocycles. The zero-order chi connectivity index (χ0) is 13.6. The van der Waals surface area contributed by atoms with Crippen molar-refractivity contribution < 1.29 is 5.11 Å². The van der Waals surface area contributed by atoms with E-state index in [-0.39, 0.29) is 5.75 Å². The maximum atomic E-state index is 9.53. The van der Waals surface area contributed by atoms with E-state index in [0.29, 0.717) is 15.3 Å². The zero-order valence-electron chi connectivity index (χ0n) is 10.8. The summed E-state index contributed by atoms with van der Waals surface area (Å²) in [6, 6.07) is 4.77. The smallest absolute Gasteiger partial charge is 0.135 e. The number of thioether (sulfide) groups is 1. The Balaban J connectivity index is 1.74. The predicted octanol–water partition coefficient (Wildman–Crippen LogP) is 4.42. The lowest BCUT2D eigenvalue weighted by Crippen LogP contribution is -2.40. The van der Waals surface area contributed by atoms with Crippen molar-refractivity contribution in [2.75, 3.05) is 7.05 Å². The van der Waals surface area contributed by atoms with Crippen LogP contribution in [0.3, 0.4) is 0 Å². The van der Waals surface area contributed by atoms with Crippen LogP contribution < -0.4 is 0 Å². The summed E-state index contributed by atoms with van der Waals surface area (Å²) in [5.41, 5.74) is 0. The lowest BCUT2D eigenvalue weighted by molar-refractivity contribution is 0.183. The fourth-order valence-electron chi connectivity index (χ4n) is 3.25. The highest BCUT2D eigenvalue weighted by atomic mass is 35.5. The second-order valence-electron chi connectivity index (χ2n) is 5.50. The molecule has 2 aliphatic rings. The first-order valence-electron chi connectivity index (χ1n) is 6.61. The molecule has 3 rings (SSSR count). The molecule has 1 aromatic carbocycles. The minimum absolute atomic E-state index is 0.0551. The SMILES string of the molecule is CN1[C@@H]2CC[C@H]1CC(Sc1cc(Cl)c(O)cc1Cl)C2. The summed E-state index contributed by atoms with van der Waals surface area (Å²) >= 11 is 14.0. The lowest BCUT2D eigenvalue weighted by atomic mass is 10.0. The average molecular weight is 318 g/mol. The van der Waals surface area contributed by atoms with Gasteiger partial charge in [0.25, 0.3) is 0 Å². The van der Waals surface area contributed by atoms with Crippen LogP contribution in [0.1, 0.15) is 25.7 Å². The normalized spacial score (nSPS) is 30.8. The number of rotatable bonds is 2. The van der Waals surface area contributed by atoms with Gasteiger partial charge in [0.05, 0.1) is 10.0 Å². The third-order valence-corrected chi connectivity index (χ3v) is 6.39. The van der Waals surface area contributed by atoms with E-state index in [9.17, 15) is 5.11 Å². The molecule has 0 amide bonds. The van der Waals surface area contributed by atoms with Gasteiger partial charge in [-0.25, -0.2) is 0 Å². The molecule has 3 atom stereocenters. The largest absolute Gasteiger partial charge is 0.506 e. The molecule has 104 valence electrons. The number of phenols is 1. The van der Waals surface area contributed by atoms with E-state index in [1.807, 2.05) is 11.8 Å². The first-order chi connectivity index (χ1) is 9.04. The van der Waals surface area contributed by atoms with Crippen molar-refractivity contribution in [1.29, 1.82) is 0 Å². The van der Waals surface area contributed by atoms with Gasteiger partial charge in [-0.3, -0.25) is 0 Å². The van der Waals surface area contributed by atoms with Crippen molar-refractivity contribution in [3.63, 3.8) is 0 Å². The van der Waals surface area contributed by atoms with Gasteiger partial charge in [-0.1, -0.05) is 23.2 Å². The van der Waals surface area contributed by atoms with Crippen LogP contribution in [0.5, 0.6) is 5.75 Å². The number of fused-ring (bicyclic) bond motifs is 2. The monoisotopic (exact) mass is 317 g/mol. The molecule has 0 radical (unpaired) electrons. The summed E-state index contributed by atoms with van der Waals surface area (Å²) in [5, 5.41) is 11.1. The molecular formula is C14H17Cl2NOS. The molecule has 0 aliphatic carbocycles. The molecule has 2 fully saturated rings. The van der Waals surface area contributed by atoms with Crippen molar-refractivity contribution in [2.24, 2.45) is 0 Å². The number of hydrogen-bond donors (Lipinski definition) is 1. The molecule has 1 unspecified atom stereocenters. The van der Waals surface area contributed by atoms with Crippen LogP contribution in [0.2, 0.25) is 10.0 Å². The molecule has 2 aliphatic heterocycles. The van der Waals surface area contributed by atoms with E-state index in [2.05, 4.69) is 11.9 Å². The highest BCUT2D eigenvalue weighted by molar-refractivity contribution is 8.00. The molecule has 0 aromatic heterocycles. The Hall–Kier alpha value is -0.0900. The lowest BCUT2D eigenvalue weighted by Gasteiger charge is -2.36. The summed E-state index contributed by atoms with van der Waals surface area (Å²) in [6.45, 7) is 0. The summed E-state index contributed by atoms with van der Waals surface area (Å²) in [4.78, 5) is 3.51. The molecule has 0 spiro atoms. The van der Waals surface area contributed by atoms with Gasteiger partial charge in [0.1, 0.15) is 5.75 Å². The second-order valence-corrected chi connectivity index (χ2v) is 7.65. The third kappa shape index (κ3) is 2.71. The van der Waals surface area contributed by atoms with Crippen molar-refractivity contribution in [3.05, 3.63) is 22.2 Å². The van der Waals surface area contributed by atoms with Gasteiger partial charge in [-0.05, 0) is 38.8 Å². The van der Waals surface area contributed by atoms with Gasteiger partial charge in [0.15, 0.2) is 0 Å². The van der Waals surface area contributed by atoms with Gasteiger partial charge < -0.3 is 10.0 Å². The zero-order valence-corrected chi connectivity index (χ0v) is 13.1. The fourth-order valence-corrected chi connectivity index (χ4v) is 5.12. The Morgan fingerprint density at radius 3 is 2.42 bits per heavy atom. The van der Waals surface area contributed by atoms with E-state index in [0.717, 1.165) is 17.0 Å². The van der Waals surface area contributed by atoms with E-state index < -0.39 is 0 Å². The molecule has 5 heteroatoms. The van der Waals surface area contributed by atoms with E-state index >= 15 is 0 Å². The third-order valence-electron chi connectivity index (χ3n) is 4.35. The van der Waals surface area contributed by atoms with Gasteiger partial charge in [-0.2, -0.15) is 0 Å². The Labute approximate surface area is 128 Å². The minimum atomic E-state index is 0.0551. The van der Waals surface area contributed by atoms with Crippen LogP contribution in [-0.4, -0.2) is 34.4 Å². The van der Waals surface area contributed by atoms with Crippen LogP contribution in [0.15, 0.2) is 17.0 Å². The molecule has 2 heterocycles.